The molecule has 0 saturated heterocycles. The Kier molecular flexibility index (Phi) is 4.01. The van der Waals surface area contributed by atoms with E-state index < -0.39 is 5.82 Å². The number of hydrogen-bond acceptors (Lipinski definition) is 2. The third-order valence-electron chi connectivity index (χ3n) is 2.44. The largest absolute Gasteiger partial charge is 0.338 e. The summed E-state index contributed by atoms with van der Waals surface area (Å²) < 4.78 is 12.9. The van der Waals surface area contributed by atoms with E-state index >= 15 is 0 Å². The molecule has 16 heavy (non-hydrogen) atoms. The summed E-state index contributed by atoms with van der Waals surface area (Å²) in [4.78, 5) is 13.3. The van der Waals surface area contributed by atoms with Gasteiger partial charge in [-0.2, -0.15) is 5.26 Å². The van der Waals surface area contributed by atoms with Gasteiger partial charge in [-0.05, 0) is 25.1 Å². The van der Waals surface area contributed by atoms with Gasteiger partial charge in [0.15, 0.2) is 0 Å². The molecule has 0 aliphatic heterocycles. The monoisotopic (exact) mass is 220 g/mol. The molecule has 1 atom stereocenters. The van der Waals surface area contributed by atoms with Gasteiger partial charge in [0, 0.05) is 18.7 Å². The van der Waals surface area contributed by atoms with Crippen LogP contribution in [0.15, 0.2) is 24.3 Å². The van der Waals surface area contributed by atoms with E-state index in [9.17, 15) is 9.18 Å². The van der Waals surface area contributed by atoms with Crippen molar-refractivity contribution in [1.29, 1.82) is 5.26 Å². The summed E-state index contributed by atoms with van der Waals surface area (Å²) >= 11 is 0. The van der Waals surface area contributed by atoms with Gasteiger partial charge in [-0.25, -0.2) is 4.39 Å². The minimum Gasteiger partial charge on any atom is -0.338 e. The minimum atomic E-state index is -0.438. The Balaban J connectivity index is 2.82. The van der Waals surface area contributed by atoms with Crippen LogP contribution >= 0.6 is 0 Å². The molecule has 0 saturated carbocycles. The number of nitriles is 1. The Bertz CT molecular complexity index is 425. The second-order valence-corrected chi connectivity index (χ2v) is 3.64. The van der Waals surface area contributed by atoms with Gasteiger partial charge in [-0.3, -0.25) is 4.79 Å². The highest BCUT2D eigenvalue weighted by molar-refractivity contribution is 5.94. The number of carbonyl (C=O) groups is 1. The molecule has 0 fully saturated rings. The first-order valence-electron chi connectivity index (χ1n) is 4.96. The minimum absolute atomic E-state index is 0.180. The van der Waals surface area contributed by atoms with Crippen molar-refractivity contribution in [1.82, 2.24) is 4.90 Å². The molecule has 0 aliphatic rings. The molecule has 1 unspecified atom stereocenters. The Labute approximate surface area is 94.1 Å². The molecule has 0 radical (unpaired) electrons. The van der Waals surface area contributed by atoms with Crippen LogP contribution in [0.1, 0.15) is 23.7 Å². The fourth-order valence-electron chi connectivity index (χ4n) is 1.29. The molecular weight excluding hydrogens is 207 g/mol. The maximum atomic E-state index is 12.9. The number of benzene rings is 1. The lowest BCUT2D eigenvalue weighted by atomic mass is 10.1. The molecule has 0 bridgehead atoms. The van der Waals surface area contributed by atoms with Gasteiger partial charge in [0.1, 0.15) is 5.82 Å². The smallest absolute Gasteiger partial charge is 0.253 e. The van der Waals surface area contributed by atoms with Crippen LogP contribution < -0.4 is 0 Å². The van der Waals surface area contributed by atoms with Crippen LogP contribution in [0.25, 0.3) is 0 Å². The Morgan fingerprint density at radius 3 is 2.88 bits per heavy atom. The van der Waals surface area contributed by atoms with E-state index in [0.29, 0.717) is 5.56 Å². The van der Waals surface area contributed by atoms with Crippen molar-refractivity contribution in [3.05, 3.63) is 35.6 Å². The fourth-order valence-corrected chi connectivity index (χ4v) is 1.29. The summed E-state index contributed by atoms with van der Waals surface area (Å²) in [6.45, 7) is 1.78. The van der Waals surface area contributed by atoms with Crippen molar-refractivity contribution in [3.63, 3.8) is 0 Å². The molecule has 1 aromatic rings. The number of rotatable bonds is 3. The van der Waals surface area contributed by atoms with Crippen molar-refractivity contribution in [2.75, 3.05) is 7.05 Å². The molecule has 0 heterocycles. The van der Waals surface area contributed by atoms with E-state index in [1.54, 1.807) is 20.0 Å². The molecule has 1 rings (SSSR count). The second-order valence-electron chi connectivity index (χ2n) is 3.64. The first-order chi connectivity index (χ1) is 7.56. The lowest BCUT2D eigenvalue weighted by molar-refractivity contribution is 0.0745. The summed E-state index contributed by atoms with van der Waals surface area (Å²) in [6.07, 6.45) is 0.261. The molecule has 1 aromatic carbocycles. The molecule has 3 nitrogen and oxygen atoms in total. The SMILES string of the molecule is CC(CC#N)N(C)C(=O)c1cccc(F)c1. The van der Waals surface area contributed by atoms with Gasteiger partial charge >= 0.3 is 0 Å². The van der Waals surface area contributed by atoms with Crippen molar-refractivity contribution in [3.8, 4) is 6.07 Å². The fraction of sp³-hybridized carbons (Fsp3) is 0.333. The molecule has 0 aliphatic carbocycles. The summed E-state index contributed by atoms with van der Waals surface area (Å²) in [5.41, 5.74) is 0.298. The molecule has 4 heteroatoms. The van der Waals surface area contributed by atoms with Crippen molar-refractivity contribution in [2.45, 2.75) is 19.4 Å². The lowest BCUT2D eigenvalue weighted by Gasteiger charge is -2.22. The van der Waals surface area contributed by atoms with Crippen LogP contribution in [0.5, 0.6) is 0 Å². The van der Waals surface area contributed by atoms with Crippen LogP contribution in [-0.2, 0) is 0 Å². The summed E-state index contributed by atoms with van der Waals surface area (Å²) in [6, 6.07) is 7.35. The zero-order valence-corrected chi connectivity index (χ0v) is 9.27. The van der Waals surface area contributed by atoms with Gasteiger partial charge in [-0.15, -0.1) is 0 Å². The zero-order valence-electron chi connectivity index (χ0n) is 9.27. The Morgan fingerprint density at radius 2 is 2.31 bits per heavy atom. The predicted octanol–water partition coefficient (Wildman–Crippen LogP) is 2.20. The number of amides is 1. The average molecular weight is 220 g/mol. The van der Waals surface area contributed by atoms with E-state index in [2.05, 4.69) is 0 Å². The van der Waals surface area contributed by atoms with Gasteiger partial charge < -0.3 is 4.90 Å². The third kappa shape index (κ3) is 2.80. The highest BCUT2D eigenvalue weighted by atomic mass is 19.1. The van der Waals surface area contributed by atoms with Gasteiger partial charge in [0.25, 0.3) is 5.91 Å². The van der Waals surface area contributed by atoms with Crippen LogP contribution in [0.2, 0.25) is 0 Å². The van der Waals surface area contributed by atoms with E-state index in [1.807, 2.05) is 6.07 Å². The first kappa shape index (κ1) is 12.2. The molecular formula is C12H13FN2O. The van der Waals surface area contributed by atoms with Crippen molar-refractivity contribution < 1.29 is 9.18 Å². The van der Waals surface area contributed by atoms with Crippen LogP contribution in [0.3, 0.4) is 0 Å². The number of carbonyl (C=O) groups excluding carboxylic acids is 1. The standard InChI is InChI=1S/C12H13FN2O/c1-9(6-7-14)15(2)12(16)10-4-3-5-11(13)8-10/h3-5,8-9H,6H2,1-2H3. The van der Waals surface area contributed by atoms with E-state index in [-0.39, 0.29) is 18.4 Å². The average Bonchev–Trinajstić information content (AvgIpc) is 2.27. The number of hydrogen-bond donors (Lipinski definition) is 0. The molecule has 0 N–H and O–H groups in total. The van der Waals surface area contributed by atoms with Gasteiger partial charge in [0.05, 0.1) is 12.5 Å². The molecule has 1 amide bonds. The van der Waals surface area contributed by atoms with E-state index in [1.165, 1.54) is 23.1 Å². The molecule has 0 spiro atoms. The van der Waals surface area contributed by atoms with Crippen LogP contribution in [0, 0.1) is 17.1 Å². The topological polar surface area (TPSA) is 44.1 Å². The van der Waals surface area contributed by atoms with Crippen LogP contribution in [0.4, 0.5) is 4.39 Å². The maximum Gasteiger partial charge on any atom is 0.253 e. The van der Waals surface area contributed by atoms with Gasteiger partial charge in [0.2, 0.25) is 0 Å². The van der Waals surface area contributed by atoms with Crippen molar-refractivity contribution >= 4 is 5.91 Å². The zero-order chi connectivity index (χ0) is 12.1. The predicted molar refractivity (Wildman–Crippen MR) is 58.2 cm³/mol. The summed E-state index contributed by atoms with van der Waals surface area (Å²) in [7, 11) is 1.61. The summed E-state index contributed by atoms with van der Waals surface area (Å²) in [5, 5.41) is 8.53. The lowest BCUT2D eigenvalue weighted by Crippen LogP contribution is -2.34. The highest BCUT2D eigenvalue weighted by Crippen LogP contribution is 2.09. The third-order valence-corrected chi connectivity index (χ3v) is 2.44. The van der Waals surface area contributed by atoms with E-state index in [4.69, 9.17) is 5.26 Å². The Morgan fingerprint density at radius 1 is 1.62 bits per heavy atom. The molecule has 0 aromatic heterocycles. The molecule has 84 valence electrons. The van der Waals surface area contributed by atoms with Crippen LogP contribution in [-0.4, -0.2) is 23.9 Å². The number of halogens is 1. The van der Waals surface area contributed by atoms with Gasteiger partial charge in [-0.1, -0.05) is 6.07 Å². The maximum absolute atomic E-state index is 12.9. The number of nitrogens with zero attached hydrogens (tertiary/aromatic N) is 2. The quantitative estimate of drug-likeness (QED) is 0.783. The highest BCUT2D eigenvalue weighted by Gasteiger charge is 2.17. The van der Waals surface area contributed by atoms with Crippen molar-refractivity contribution in [2.24, 2.45) is 0 Å². The Hall–Kier alpha value is -1.89. The normalized spacial score (nSPS) is 11.6. The van der Waals surface area contributed by atoms with E-state index in [0.717, 1.165) is 0 Å². The first-order valence-corrected chi connectivity index (χ1v) is 4.96. The second kappa shape index (κ2) is 5.26. The summed E-state index contributed by atoms with van der Waals surface area (Å²) in [5.74, 6) is -0.713.